The molecule has 0 bridgehead atoms. The highest BCUT2D eigenvalue weighted by molar-refractivity contribution is 6.28. The van der Waals surface area contributed by atoms with Crippen molar-refractivity contribution < 1.29 is 4.74 Å². The first-order valence-electron chi connectivity index (χ1n) is 4.70. The second kappa shape index (κ2) is 6.10. The van der Waals surface area contributed by atoms with Crippen LogP contribution in [0.25, 0.3) is 0 Å². The lowest BCUT2D eigenvalue weighted by Crippen LogP contribution is -2.37. The highest BCUT2D eigenvalue weighted by atomic mass is 35.5. The van der Waals surface area contributed by atoms with Crippen LogP contribution in [0.2, 0.25) is 5.28 Å². The number of nitrogens with zero attached hydrogens (tertiary/aromatic N) is 2. The Morgan fingerprint density at radius 2 is 2.40 bits per heavy atom. The number of aromatic nitrogens is 2. The molecule has 1 aliphatic heterocycles. The maximum Gasteiger partial charge on any atom is 0.225 e. The molecule has 1 atom stereocenters. The van der Waals surface area contributed by atoms with E-state index in [-0.39, 0.29) is 23.8 Å². The van der Waals surface area contributed by atoms with E-state index in [2.05, 4.69) is 15.3 Å². The van der Waals surface area contributed by atoms with E-state index in [0.29, 0.717) is 5.88 Å². The number of halogens is 2. The Labute approximate surface area is 99.8 Å². The van der Waals surface area contributed by atoms with Gasteiger partial charge in [-0.2, -0.15) is 4.98 Å². The van der Waals surface area contributed by atoms with Crippen molar-refractivity contribution in [3.05, 3.63) is 17.5 Å². The lowest BCUT2D eigenvalue weighted by Gasteiger charge is -2.23. The van der Waals surface area contributed by atoms with E-state index >= 15 is 0 Å². The lowest BCUT2D eigenvalue weighted by atomic mass is 10.1. The number of nitrogens with one attached hydrogen (secondary N) is 1. The third-order valence-electron chi connectivity index (χ3n) is 2.14. The highest BCUT2D eigenvalue weighted by Crippen LogP contribution is 2.13. The molecule has 1 N–H and O–H groups in total. The Bertz CT molecular complexity index is 305. The predicted octanol–water partition coefficient (Wildman–Crippen LogP) is 1.68. The van der Waals surface area contributed by atoms with Gasteiger partial charge < -0.3 is 10.1 Å². The number of piperidine rings is 1. The van der Waals surface area contributed by atoms with Crippen molar-refractivity contribution in [2.45, 2.75) is 18.9 Å². The van der Waals surface area contributed by atoms with E-state index in [1.54, 1.807) is 12.3 Å². The smallest absolute Gasteiger partial charge is 0.225 e. The molecule has 0 aromatic carbocycles. The van der Waals surface area contributed by atoms with Crippen LogP contribution in [0.4, 0.5) is 0 Å². The van der Waals surface area contributed by atoms with Crippen LogP contribution < -0.4 is 10.1 Å². The van der Waals surface area contributed by atoms with Crippen molar-refractivity contribution in [1.29, 1.82) is 0 Å². The SMILES string of the molecule is Cl.Clc1nccc(O[C@H]2CCCNC2)n1. The molecule has 15 heavy (non-hydrogen) atoms. The first-order valence-corrected chi connectivity index (χ1v) is 5.08. The zero-order valence-electron chi connectivity index (χ0n) is 8.15. The van der Waals surface area contributed by atoms with Crippen LogP contribution in [0.15, 0.2) is 12.3 Å². The molecule has 1 saturated heterocycles. The molecule has 1 fully saturated rings. The van der Waals surface area contributed by atoms with E-state index < -0.39 is 0 Å². The molecule has 84 valence electrons. The summed E-state index contributed by atoms with van der Waals surface area (Å²) < 4.78 is 5.64. The first kappa shape index (κ1) is 12.5. The Morgan fingerprint density at radius 1 is 1.53 bits per heavy atom. The Hall–Kier alpha value is -0.580. The van der Waals surface area contributed by atoms with Crippen LogP contribution in [-0.4, -0.2) is 29.2 Å². The molecule has 2 rings (SSSR count). The van der Waals surface area contributed by atoms with Gasteiger partial charge in [0.2, 0.25) is 11.2 Å². The van der Waals surface area contributed by atoms with E-state index in [0.717, 1.165) is 25.9 Å². The van der Waals surface area contributed by atoms with Crippen LogP contribution >= 0.6 is 24.0 Å². The molecular formula is C9H13Cl2N3O. The maximum absolute atomic E-state index is 5.64. The Kier molecular flexibility index (Phi) is 5.08. The summed E-state index contributed by atoms with van der Waals surface area (Å²) in [6.07, 6.45) is 4.01. The Morgan fingerprint density at radius 3 is 3.07 bits per heavy atom. The number of ether oxygens (including phenoxy) is 1. The summed E-state index contributed by atoms with van der Waals surface area (Å²) in [5, 5.41) is 3.50. The van der Waals surface area contributed by atoms with Gasteiger partial charge in [0, 0.05) is 18.8 Å². The van der Waals surface area contributed by atoms with Gasteiger partial charge in [-0.3, -0.25) is 0 Å². The predicted molar refractivity (Wildman–Crippen MR) is 60.8 cm³/mol. The van der Waals surface area contributed by atoms with E-state index in [9.17, 15) is 0 Å². The molecule has 4 nitrogen and oxygen atoms in total. The molecule has 0 spiro atoms. The summed E-state index contributed by atoms with van der Waals surface area (Å²) >= 11 is 5.64. The largest absolute Gasteiger partial charge is 0.473 e. The van der Waals surface area contributed by atoms with Crippen molar-refractivity contribution in [3.63, 3.8) is 0 Å². The summed E-state index contributed by atoms with van der Waals surface area (Å²) in [6.45, 7) is 1.95. The molecule has 1 aromatic rings. The minimum Gasteiger partial charge on any atom is -0.473 e. The van der Waals surface area contributed by atoms with E-state index in [1.165, 1.54) is 0 Å². The van der Waals surface area contributed by atoms with Gasteiger partial charge in [0.1, 0.15) is 6.10 Å². The molecule has 0 radical (unpaired) electrons. The second-order valence-corrected chi connectivity index (χ2v) is 3.59. The van der Waals surface area contributed by atoms with Gasteiger partial charge in [-0.1, -0.05) is 0 Å². The maximum atomic E-state index is 5.64. The number of hydrogen-bond donors (Lipinski definition) is 1. The minimum absolute atomic E-state index is 0. The topological polar surface area (TPSA) is 47.0 Å². The fourth-order valence-corrected chi connectivity index (χ4v) is 1.62. The van der Waals surface area contributed by atoms with Gasteiger partial charge in [0.05, 0.1) is 0 Å². The molecular weight excluding hydrogens is 237 g/mol. The van der Waals surface area contributed by atoms with Crippen molar-refractivity contribution in [1.82, 2.24) is 15.3 Å². The molecule has 6 heteroatoms. The Balaban J connectivity index is 0.00000112. The molecule has 0 amide bonds. The van der Waals surface area contributed by atoms with Crippen LogP contribution in [0.5, 0.6) is 5.88 Å². The average Bonchev–Trinajstić information content (AvgIpc) is 2.19. The molecule has 1 aliphatic rings. The molecule has 2 heterocycles. The van der Waals surface area contributed by atoms with Gasteiger partial charge in [-0.15, -0.1) is 12.4 Å². The molecule has 0 unspecified atom stereocenters. The van der Waals surface area contributed by atoms with Crippen molar-refractivity contribution >= 4 is 24.0 Å². The highest BCUT2D eigenvalue weighted by Gasteiger charge is 2.14. The van der Waals surface area contributed by atoms with Crippen molar-refractivity contribution in [2.24, 2.45) is 0 Å². The summed E-state index contributed by atoms with van der Waals surface area (Å²) in [5.41, 5.74) is 0. The average molecular weight is 250 g/mol. The summed E-state index contributed by atoms with van der Waals surface area (Å²) in [6, 6.07) is 1.72. The zero-order chi connectivity index (χ0) is 9.80. The van der Waals surface area contributed by atoms with Gasteiger partial charge in [-0.25, -0.2) is 4.98 Å². The van der Waals surface area contributed by atoms with Gasteiger partial charge in [0.15, 0.2) is 0 Å². The molecule has 1 aromatic heterocycles. The van der Waals surface area contributed by atoms with Crippen LogP contribution in [0.3, 0.4) is 0 Å². The minimum atomic E-state index is 0. The third kappa shape index (κ3) is 3.81. The lowest BCUT2D eigenvalue weighted by molar-refractivity contribution is 0.160. The van der Waals surface area contributed by atoms with E-state index in [4.69, 9.17) is 16.3 Å². The van der Waals surface area contributed by atoms with Gasteiger partial charge in [-0.05, 0) is 31.0 Å². The fraction of sp³-hybridized carbons (Fsp3) is 0.556. The quantitative estimate of drug-likeness (QED) is 0.811. The first-order chi connectivity index (χ1) is 6.84. The standard InChI is InChI=1S/C9H12ClN3O.ClH/c10-9-12-5-3-8(13-9)14-7-2-1-4-11-6-7;/h3,5,7,11H,1-2,4,6H2;1H/t7-;/m0./s1. The summed E-state index contributed by atoms with van der Waals surface area (Å²) in [5.74, 6) is 0.554. The normalized spacial score (nSPS) is 20.5. The molecule has 0 aliphatic carbocycles. The molecule has 0 saturated carbocycles. The number of hydrogen-bond acceptors (Lipinski definition) is 4. The third-order valence-corrected chi connectivity index (χ3v) is 2.32. The monoisotopic (exact) mass is 249 g/mol. The van der Waals surface area contributed by atoms with Crippen LogP contribution in [0, 0.1) is 0 Å². The van der Waals surface area contributed by atoms with Crippen molar-refractivity contribution in [3.8, 4) is 5.88 Å². The van der Waals surface area contributed by atoms with Crippen LogP contribution in [-0.2, 0) is 0 Å². The fourth-order valence-electron chi connectivity index (χ4n) is 1.48. The van der Waals surface area contributed by atoms with Gasteiger partial charge in [0.25, 0.3) is 0 Å². The van der Waals surface area contributed by atoms with Crippen LogP contribution in [0.1, 0.15) is 12.8 Å². The van der Waals surface area contributed by atoms with E-state index in [1.807, 2.05) is 0 Å². The van der Waals surface area contributed by atoms with Crippen molar-refractivity contribution in [2.75, 3.05) is 13.1 Å². The zero-order valence-corrected chi connectivity index (χ0v) is 9.72. The van der Waals surface area contributed by atoms with Gasteiger partial charge >= 0.3 is 0 Å². The summed E-state index contributed by atoms with van der Waals surface area (Å²) in [7, 11) is 0. The summed E-state index contributed by atoms with van der Waals surface area (Å²) in [4.78, 5) is 7.76. The second-order valence-electron chi connectivity index (χ2n) is 3.25. The number of rotatable bonds is 2.